The number of rotatable bonds is 4. The van der Waals surface area contributed by atoms with Crippen molar-refractivity contribution in [2.24, 2.45) is 5.73 Å². The van der Waals surface area contributed by atoms with E-state index in [4.69, 9.17) is 11.5 Å². The van der Waals surface area contributed by atoms with Crippen LogP contribution < -0.4 is 11.5 Å². The van der Waals surface area contributed by atoms with E-state index in [2.05, 4.69) is 21.0 Å². The average Bonchev–Trinajstić information content (AvgIpc) is 2.95. The van der Waals surface area contributed by atoms with E-state index in [0.29, 0.717) is 16.6 Å². The minimum atomic E-state index is -0.706. The zero-order valence-electron chi connectivity index (χ0n) is 13.1. The number of nitrogens with zero attached hydrogens (tertiary/aromatic N) is 4. The molecule has 3 aromatic heterocycles. The number of ketones is 1. The molecule has 8 nitrogen and oxygen atoms in total. The Bertz CT molecular complexity index is 943. The van der Waals surface area contributed by atoms with Gasteiger partial charge in [-0.2, -0.15) is 0 Å². The van der Waals surface area contributed by atoms with E-state index in [0.717, 1.165) is 0 Å². The van der Waals surface area contributed by atoms with Gasteiger partial charge in [0, 0.05) is 30.1 Å². The van der Waals surface area contributed by atoms with Crippen LogP contribution in [-0.2, 0) is 0 Å². The number of primary amides is 1. The van der Waals surface area contributed by atoms with E-state index in [1.165, 1.54) is 18.6 Å². The Morgan fingerprint density at radius 2 is 2.00 bits per heavy atom. The molecule has 0 aliphatic heterocycles. The van der Waals surface area contributed by atoms with Crippen LogP contribution in [0.15, 0.2) is 24.8 Å². The van der Waals surface area contributed by atoms with Gasteiger partial charge in [-0.15, -0.1) is 0 Å². The molecule has 0 saturated heterocycles. The van der Waals surface area contributed by atoms with Gasteiger partial charge in [0.15, 0.2) is 5.78 Å². The van der Waals surface area contributed by atoms with Gasteiger partial charge < -0.3 is 16.0 Å². The maximum Gasteiger partial charge on any atom is 0.267 e. The summed E-state index contributed by atoms with van der Waals surface area (Å²) in [6.45, 7) is 3.95. The van der Waals surface area contributed by atoms with Crippen LogP contribution in [0.25, 0.3) is 11.0 Å². The molecule has 0 unspecified atom stereocenters. The van der Waals surface area contributed by atoms with Gasteiger partial charge in [-0.25, -0.2) is 15.0 Å². The molecule has 1 radical (unpaired) electrons. The van der Waals surface area contributed by atoms with E-state index in [1.807, 2.05) is 18.4 Å². The third-order valence-electron chi connectivity index (χ3n) is 3.63. The van der Waals surface area contributed by atoms with Gasteiger partial charge in [0.25, 0.3) is 5.91 Å². The highest BCUT2D eigenvalue weighted by molar-refractivity contribution is 6.17. The molecular weight excluding hydrogens is 308 g/mol. The maximum absolute atomic E-state index is 12.8. The number of pyridine rings is 1. The number of amides is 1. The van der Waals surface area contributed by atoms with Crippen molar-refractivity contribution < 1.29 is 9.59 Å². The first-order chi connectivity index (χ1) is 11.4. The molecule has 3 aromatic rings. The molecule has 0 saturated carbocycles. The van der Waals surface area contributed by atoms with Crippen LogP contribution in [0.2, 0.25) is 0 Å². The molecule has 3 heterocycles. The second kappa shape index (κ2) is 5.73. The van der Waals surface area contributed by atoms with Crippen molar-refractivity contribution in [3.63, 3.8) is 0 Å². The second-order valence-corrected chi connectivity index (χ2v) is 5.55. The molecule has 24 heavy (non-hydrogen) atoms. The minimum absolute atomic E-state index is 0.0287. The van der Waals surface area contributed by atoms with Crippen LogP contribution in [0.4, 0.5) is 5.82 Å². The molecule has 0 aliphatic rings. The SMILES string of the molecule is CC(C)n1cc(C(=O)c2c[c]c(C(N)=O)nc2)c2c(N)ncnc21. The quantitative estimate of drug-likeness (QED) is 0.692. The molecule has 0 spiro atoms. The lowest BCUT2D eigenvalue weighted by molar-refractivity contribution is 0.0991. The van der Waals surface area contributed by atoms with Crippen LogP contribution in [0.1, 0.15) is 46.3 Å². The summed E-state index contributed by atoms with van der Waals surface area (Å²) >= 11 is 0. The fourth-order valence-corrected chi connectivity index (χ4v) is 2.44. The fraction of sp³-hybridized carbons (Fsp3) is 0.188. The van der Waals surface area contributed by atoms with Crippen molar-refractivity contribution in [2.45, 2.75) is 19.9 Å². The van der Waals surface area contributed by atoms with Crippen molar-refractivity contribution >= 4 is 28.5 Å². The van der Waals surface area contributed by atoms with Crippen LogP contribution in [0.3, 0.4) is 0 Å². The number of hydrogen-bond acceptors (Lipinski definition) is 6. The van der Waals surface area contributed by atoms with Crippen molar-refractivity contribution in [2.75, 3.05) is 5.73 Å². The minimum Gasteiger partial charge on any atom is -0.383 e. The molecule has 0 bridgehead atoms. The number of carbonyl (C=O) groups is 2. The van der Waals surface area contributed by atoms with Crippen LogP contribution in [-0.4, -0.2) is 31.2 Å². The molecule has 0 aliphatic carbocycles. The molecule has 4 N–H and O–H groups in total. The number of nitrogens with two attached hydrogens (primary N) is 2. The first-order valence-electron chi connectivity index (χ1n) is 7.23. The molecule has 8 heteroatoms. The molecule has 3 rings (SSSR count). The van der Waals surface area contributed by atoms with Gasteiger partial charge in [-0.1, -0.05) is 0 Å². The first-order valence-corrected chi connectivity index (χ1v) is 7.23. The monoisotopic (exact) mass is 323 g/mol. The summed E-state index contributed by atoms with van der Waals surface area (Å²) in [4.78, 5) is 35.9. The molecule has 0 atom stereocenters. The Morgan fingerprint density at radius 3 is 2.58 bits per heavy atom. The molecular formula is C16H15N6O2. The van der Waals surface area contributed by atoms with Gasteiger partial charge in [0.1, 0.15) is 23.5 Å². The van der Waals surface area contributed by atoms with E-state index in [1.54, 1.807) is 6.20 Å². The van der Waals surface area contributed by atoms with Gasteiger partial charge in [0.2, 0.25) is 0 Å². The predicted octanol–water partition coefficient (Wildman–Crippen LogP) is 1.12. The Hall–Kier alpha value is -3.29. The number of hydrogen-bond donors (Lipinski definition) is 2. The molecule has 121 valence electrons. The smallest absolute Gasteiger partial charge is 0.267 e. The summed E-state index contributed by atoms with van der Waals surface area (Å²) < 4.78 is 1.86. The predicted molar refractivity (Wildman–Crippen MR) is 87.3 cm³/mol. The lowest BCUT2D eigenvalue weighted by Gasteiger charge is -2.07. The standard InChI is InChI=1S/C16H15N6O2/c1-8(2)22-6-10(12-14(17)20-7-21-16(12)22)13(23)9-3-4-11(15(18)24)19-5-9/h3,5-8H,1-2H3,(H2,18,24)(H2,17,20,21). The Morgan fingerprint density at radius 1 is 1.25 bits per heavy atom. The highest BCUT2D eigenvalue weighted by Crippen LogP contribution is 2.28. The van der Waals surface area contributed by atoms with Gasteiger partial charge in [-0.3, -0.25) is 9.59 Å². The van der Waals surface area contributed by atoms with Crippen molar-refractivity contribution in [1.29, 1.82) is 0 Å². The molecule has 1 amide bonds. The summed E-state index contributed by atoms with van der Waals surface area (Å²) in [6.07, 6.45) is 4.35. The Labute approximate surface area is 137 Å². The Balaban J connectivity index is 2.15. The zero-order valence-corrected chi connectivity index (χ0v) is 13.1. The largest absolute Gasteiger partial charge is 0.383 e. The summed E-state index contributed by atoms with van der Waals surface area (Å²) in [5.74, 6) is -0.780. The lowest BCUT2D eigenvalue weighted by Crippen LogP contribution is -2.14. The van der Waals surface area contributed by atoms with Crippen molar-refractivity contribution in [1.82, 2.24) is 19.5 Å². The summed E-state index contributed by atoms with van der Waals surface area (Å²) in [5.41, 5.74) is 12.3. The third kappa shape index (κ3) is 2.47. The first kappa shape index (κ1) is 15.6. The van der Waals surface area contributed by atoms with E-state index in [9.17, 15) is 9.59 Å². The highest BCUT2D eigenvalue weighted by Gasteiger charge is 2.21. The van der Waals surface area contributed by atoms with Crippen molar-refractivity contribution in [3.8, 4) is 0 Å². The van der Waals surface area contributed by atoms with E-state index in [-0.39, 0.29) is 28.9 Å². The zero-order chi connectivity index (χ0) is 17.4. The fourth-order valence-electron chi connectivity index (χ4n) is 2.44. The summed E-state index contributed by atoms with van der Waals surface area (Å²) in [5, 5.41) is 0.496. The summed E-state index contributed by atoms with van der Waals surface area (Å²) in [7, 11) is 0. The number of fused-ring (bicyclic) bond motifs is 1. The Kier molecular flexibility index (Phi) is 3.72. The average molecular weight is 323 g/mol. The number of nitrogen functional groups attached to an aromatic ring is 1. The normalized spacial score (nSPS) is 11.1. The maximum atomic E-state index is 12.8. The summed E-state index contributed by atoms with van der Waals surface area (Å²) in [6, 6.07) is 4.07. The highest BCUT2D eigenvalue weighted by atomic mass is 16.1. The van der Waals surface area contributed by atoms with Crippen LogP contribution in [0.5, 0.6) is 0 Å². The number of aromatic nitrogens is 4. The van der Waals surface area contributed by atoms with Gasteiger partial charge >= 0.3 is 0 Å². The molecule has 0 aromatic carbocycles. The van der Waals surface area contributed by atoms with Crippen molar-refractivity contribution in [3.05, 3.63) is 47.7 Å². The number of carbonyl (C=O) groups excluding carboxylic acids is 2. The van der Waals surface area contributed by atoms with E-state index >= 15 is 0 Å². The molecule has 0 fully saturated rings. The van der Waals surface area contributed by atoms with E-state index < -0.39 is 5.91 Å². The number of anilines is 1. The third-order valence-corrected chi connectivity index (χ3v) is 3.63. The van der Waals surface area contributed by atoms with Crippen LogP contribution >= 0.6 is 0 Å². The van der Waals surface area contributed by atoms with Gasteiger partial charge in [-0.05, 0) is 19.9 Å². The second-order valence-electron chi connectivity index (χ2n) is 5.55. The van der Waals surface area contributed by atoms with Crippen LogP contribution in [0, 0.1) is 6.07 Å². The van der Waals surface area contributed by atoms with Gasteiger partial charge in [0.05, 0.1) is 10.9 Å². The topological polar surface area (TPSA) is 130 Å². The lowest BCUT2D eigenvalue weighted by atomic mass is 10.1.